The third-order valence-corrected chi connectivity index (χ3v) is 2.88. The van der Waals surface area contributed by atoms with Crippen molar-refractivity contribution in [3.05, 3.63) is 47.0 Å². The van der Waals surface area contributed by atoms with E-state index in [4.69, 9.17) is 5.73 Å². The van der Waals surface area contributed by atoms with E-state index in [9.17, 15) is 4.39 Å². The molecule has 0 atom stereocenters. The summed E-state index contributed by atoms with van der Waals surface area (Å²) in [5, 5.41) is 8.11. The summed E-state index contributed by atoms with van der Waals surface area (Å²) in [5.74, 6) is -0.218. The van der Waals surface area contributed by atoms with Crippen LogP contribution in [-0.2, 0) is 19.5 Å². The summed E-state index contributed by atoms with van der Waals surface area (Å²) in [7, 11) is 0. The first-order valence-corrected chi connectivity index (χ1v) is 6.11. The molecule has 96 valence electrons. The van der Waals surface area contributed by atoms with Crippen molar-refractivity contribution >= 4 is 0 Å². The van der Waals surface area contributed by atoms with Gasteiger partial charge in [0, 0.05) is 12.1 Å². The Balaban J connectivity index is 2.29. The van der Waals surface area contributed by atoms with Gasteiger partial charge in [-0.3, -0.25) is 0 Å². The number of benzene rings is 1. The summed E-state index contributed by atoms with van der Waals surface area (Å²) in [6, 6.07) is 6.71. The molecule has 4 nitrogen and oxygen atoms in total. The van der Waals surface area contributed by atoms with E-state index >= 15 is 0 Å². The molecule has 2 aromatic rings. The molecule has 18 heavy (non-hydrogen) atoms. The van der Waals surface area contributed by atoms with Gasteiger partial charge in [-0.1, -0.05) is 36.8 Å². The molecule has 1 heterocycles. The minimum absolute atomic E-state index is 0.218. The third kappa shape index (κ3) is 2.56. The predicted molar refractivity (Wildman–Crippen MR) is 67.4 cm³/mol. The predicted octanol–water partition coefficient (Wildman–Crippen LogP) is 1.88. The van der Waals surface area contributed by atoms with Crippen LogP contribution in [0.3, 0.4) is 0 Å². The van der Waals surface area contributed by atoms with Crippen LogP contribution >= 0.6 is 0 Å². The maximum absolute atomic E-state index is 13.6. The zero-order valence-electron chi connectivity index (χ0n) is 10.4. The summed E-state index contributed by atoms with van der Waals surface area (Å²) in [5.41, 5.74) is 8.04. The monoisotopic (exact) mass is 248 g/mol. The lowest BCUT2D eigenvalue weighted by Crippen LogP contribution is -2.09. The van der Waals surface area contributed by atoms with Gasteiger partial charge < -0.3 is 5.73 Å². The molecule has 0 spiro atoms. The van der Waals surface area contributed by atoms with Crippen LogP contribution < -0.4 is 5.73 Å². The number of rotatable bonds is 5. The second-order valence-corrected chi connectivity index (χ2v) is 4.19. The first-order chi connectivity index (χ1) is 8.76. The van der Waals surface area contributed by atoms with Crippen molar-refractivity contribution < 1.29 is 4.39 Å². The van der Waals surface area contributed by atoms with E-state index in [0.29, 0.717) is 18.7 Å². The van der Waals surface area contributed by atoms with Crippen LogP contribution in [-0.4, -0.2) is 15.0 Å². The summed E-state index contributed by atoms with van der Waals surface area (Å²) < 4.78 is 15.3. The van der Waals surface area contributed by atoms with Gasteiger partial charge in [0.05, 0.1) is 17.9 Å². The van der Waals surface area contributed by atoms with Crippen LogP contribution in [0.2, 0.25) is 0 Å². The summed E-state index contributed by atoms with van der Waals surface area (Å²) in [4.78, 5) is 0. The van der Waals surface area contributed by atoms with Crippen molar-refractivity contribution in [1.82, 2.24) is 15.0 Å². The van der Waals surface area contributed by atoms with Crippen molar-refractivity contribution in [2.24, 2.45) is 5.73 Å². The fourth-order valence-corrected chi connectivity index (χ4v) is 1.95. The summed E-state index contributed by atoms with van der Waals surface area (Å²) in [6.07, 6.45) is 1.84. The number of hydrogen-bond acceptors (Lipinski definition) is 3. The molecule has 0 aliphatic heterocycles. The lowest BCUT2D eigenvalue weighted by atomic mass is 10.2. The van der Waals surface area contributed by atoms with E-state index in [1.165, 1.54) is 6.07 Å². The Morgan fingerprint density at radius 1 is 1.33 bits per heavy atom. The van der Waals surface area contributed by atoms with Crippen LogP contribution in [0.15, 0.2) is 24.3 Å². The average molecular weight is 248 g/mol. The molecule has 0 saturated carbocycles. The Kier molecular flexibility index (Phi) is 4.04. The van der Waals surface area contributed by atoms with E-state index in [1.54, 1.807) is 16.8 Å². The second kappa shape index (κ2) is 5.73. The highest BCUT2D eigenvalue weighted by Crippen LogP contribution is 2.13. The Morgan fingerprint density at radius 2 is 2.11 bits per heavy atom. The highest BCUT2D eigenvalue weighted by molar-refractivity contribution is 5.19. The molecule has 0 aliphatic carbocycles. The maximum atomic E-state index is 13.6. The molecule has 5 heteroatoms. The Hall–Kier alpha value is -1.75. The standard InChI is InChI=1S/C13H17FN4/c1-2-5-13-12(8-15)16-17-18(13)9-10-6-3-4-7-11(10)14/h3-4,6-7H,2,5,8-9,15H2,1H3. The van der Waals surface area contributed by atoms with Gasteiger partial charge in [0.2, 0.25) is 0 Å². The number of hydrogen-bond donors (Lipinski definition) is 1. The number of nitrogens with two attached hydrogens (primary N) is 1. The van der Waals surface area contributed by atoms with E-state index < -0.39 is 0 Å². The number of aromatic nitrogens is 3. The van der Waals surface area contributed by atoms with Crippen LogP contribution in [0.5, 0.6) is 0 Å². The first kappa shape index (κ1) is 12.7. The van der Waals surface area contributed by atoms with Gasteiger partial charge >= 0.3 is 0 Å². The smallest absolute Gasteiger partial charge is 0.128 e. The maximum Gasteiger partial charge on any atom is 0.128 e. The van der Waals surface area contributed by atoms with Gasteiger partial charge in [-0.2, -0.15) is 0 Å². The van der Waals surface area contributed by atoms with Crippen LogP contribution in [0.25, 0.3) is 0 Å². The fraction of sp³-hybridized carbons (Fsp3) is 0.385. The molecule has 0 unspecified atom stereocenters. The third-order valence-electron chi connectivity index (χ3n) is 2.88. The normalized spacial score (nSPS) is 10.8. The minimum Gasteiger partial charge on any atom is -0.325 e. The molecule has 0 fully saturated rings. The Bertz CT molecular complexity index is 521. The zero-order valence-corrected chi connectivity index (χ0v) is 10.4. The molecule has 1 aromatic heterocycles. The van der Waals surface area contributed by atoms with E-state index in [1.807, 2.05) is 6.07 Å². The van der Waals surface area contributed by atoms with Crippen LogP contribution in [0.1, 0.15) is 30.3 Å². The van der Waals surface area contributed by atoms with E-state index in [-0.39, 0.29) is 5.82 Å². The van der Waals surface area contributed by atoms with Gasteiger partial charge in [-0.25, -0.2) is 9.07 Å². The lowest BCUT2D eigenvalue weighted by molar-refractivity contribution is 0.564. The van der Waals surface area contributed by atoms with Crippen LogP contribution in [0, 0.1) is 5.82 Å². The Labute approximate surface area is 106 Å². The fourth-order valence-electron chi connectivity index (χ4n) is 1.95. The Morgan fingerprint density at radius 3 is 2.78 bits per heavy atom. The number of halogens is 1. The van der Waals surface area contributed by atoms with Crippen molar-refractivity contribution in [2.45, 2.75) is 32.9 Å². The summed E-state index contributed by atoms with van der Waals surface area (Å²) in [6.45, 7) is 2.85. The highest BCUT2D eigenvalue weighted by Gasteiger charge is 2.12. The highest BCUT2D eigenvalue weighted by atomic mass is 19.1. The first-order valence-electron chi connectivity index (χ1n) is 6.11. The van der Waals surface area contributed by atoms with Crippen molar-refractivity contribution in [3.8, 4) is 0 Å². The molecular weight excluding hydrogens is 231 g/mol. The lowest BCUT2D eigenvalue weighted by Gasteiger charge is -2.07. The van der Waals surface area contributed by atoms with Gasteiger partial charge in [0.1, 0.15) is 5.82 Å². The van der Waals surface area contributed by atoms with Gasteiger partial charge in [-0.05, 0) is 12.5 Å². The second-order valence-electron chi connectivity index (χ2n) is 4.19. The molecule has 0 aliphatic rings. The average Bonchev–Trinajstić information content (AvgIpc) is 2.75. The van der Waals surface area contributed by atoms with E-state index in [0.717, 1.165) is 24.2 Å². The van der Waals surface area contributed by atoms with Gasteiger partial charge in [0.25, 0.3) is 0 Å². The van der Waals surface area contributed by atoms with Crippen molar-refractivity contribution in [3.63, 3.8) is 0 Å². The van der Waals surface area contributed by atoms with Gasteiger partial charge in [-0.15, -0.1) is 5.10 Å². The molecule has 0 saturated heterocycles. The molecular formula is C13H17FN4. The SMILES string of the molecule is CCCc1c(CN)nnn1Cc1ccccc1F. The van der Waals surface area contributed by atoms with Crippen molar-refractivity contribution in [1.29, 1.82) is 0 Å². The topological polar surface area (TPSA) is 56.7 Å². The molecule has 2 N–H and O–H groups in total. The largest absolute Gasteiger partial charge is 0.325 e. The quantitative estimate of drug-likeness (QED) is 0.879. The van der Waals surface area contributed by atoms with Crippen LogP contribution in [0.4, 0.5) is 4.39 Å². The molecule has 2 rings (SSSR count). The van der Waals surface area contributed by atoms with E-state index in [2.05, 4.69) is 17.2 Å². The van der Waals surface area contributed by atoms with Gasteiger partial charge in [0.15, 0.2) is 0 Å². The number of nitrogens with zero attached hydrogens (tertiary/aromatic N) is 3. The summed E-state index contributed by atoms with van der Waals surface area (Å²) >= 11 is 0. The molecule has 1 aromatic carbocycles. The zero-order chi connectivity index (χ0) is 13.0. The molecule has 0 bridgehead atoms. The molecule has 0 amide bonds. The minimum atomic E-state index is -0.218. The molecule has 0 radical (unpaired) electrons. The van der Waals surface area contributed by atoms with Crippen molar-refractivity contribution in [2.75, 3.05) is 0 Å².